The van der Waals surface area contributed by atoms with Crippen molar-refractivity contribution >= 4 is 16.3 Å². The van der Waals surface area contributed by atoms with Crippen LogP contribution in [-0.2, 0) is 6.42 Å². The molecule has 0 aliphatic rings. The third-order valence-corrected chi connectivity index (χ3v) is 2.72. The molecule has 2 rings (SSSR count). The highest BCUT2D eigenvalue weighted by molar-refractivity contribution is 7.19. The Morgan fingerprint density at radius 1 is 1.54 bits per heavy atom. The van der Waals surface area contributed by atoms with Gasteiger partial charge in [0.2, 0.25) is 0 Å². The molecule has 2 aromatic heterocycles. The topological polar surface area (TPSA) is 52.0 Å². The molecule has 0 unspecified atom stereocenters. The van der Waals surface area contributed by atoms with E-state index in [9.17, 15) is 0 Å². The molecule has 0 atom stereocenters. The molecular formula is C9H10N2OS. The van der Waals surface area contributed by atoms with E-state index < -0.39 is 0 Å². The van der Waals surface area contributed by atoms with Gasteiger partial charge in [0.1, 0.15) is 11.5 Å². The van der Waals surface area contributed by atoms with Crippen molar-refractivity contribution in [2.45, 2.75) is 13.3 Å². The summed E-state index contributed by atoms with van der Waals surface area (Å²) in [6.07, 6.45) is 0.869. The van der Waals surface area contributed by atoms with E-state index >= 15 is 0 Å². The van der Waals surface area contributed by atoms with Gasteiger partial charge >= 0.3 is 0 Å². The lowest BCUT2D eigenvalue weighted by Crippen LogP contribution is -1.72. The fraction of sp³-hybridized carbons (Fsp3) is 0.222. The molecule has 0 aromatic carbocycles. The standard InChI is InChI=1S/C9H10N2OS/c1-2-6-5-7(11-12-6)8-3-4-9(10)13-8/h3-5H,2,10H2,1H3. The zero-order valence-corrected chi connectivity index (χ0v) is 8.10. The first-order valence-corrected chi connectivity index (χ1v) is 4.92. The van der Waals surface area contributed by atoms with E-state index in [4.69, 9.17) is 10.3 Å². The SMILES string of the molecule is CCc1cc(-c2ccc(N)s2)no1. The quantitative estimate of drug-likeness (QED) is 0.799. The van der Waals surface area contributed by atoms with Crippen molar-refractivity contribution in [3.05, 3.63) is 24.0 Å². The lowest BCUT2D eigenvalue weighted by atomic mass is 10.3. The Morgan fingerprint density at radius 2 is 2.38 bits per heavy atom. The first-order valence-electron chi connectivity index (χ1n) is 4.11. The van der Waals surface area contributed by atoms with Crippen LogP contribution in [0.2, 0.25) is 0 Å². The van der Waals surface area contributed by atoms with Crippen LogP contribution in [0.4, 0.5) is 5.00 Å². The van der Waals surface area contributed by atoms with Crippen molar-refractivity contribution in [2.24, 2.45) is 0 Å². The molecule has 0 aliphatic heterocycles. The summed E-state index contributed by atoms with van der Waals surface area (Å²) in [5.74, 6) is 0.905. The van der Waals surface area contributed by atoms with Crippen molar-refractivity contribution < 1.29 is 4.52 Å². The lowest BCUT2D eigenvalue weighted by molar-refractivity contribution is 0.389. The summed E-state index contributed by atoms with van der Waals surface area (Å²) in [5.41, 5.74) is 6.49. The largest absolute Gasteiger partial charge is 0.391 e. The number of aromatic nitrogens is 1. The molecule has 0 saturated carbocycles. The molecule has 2 N–H and O–H groups in total. The number of nitrogens with zero attached hydrogens (tertiary/aromatic N) is 1. The van der Waals surface area contributed by atoms with E-state index in [1.165, 1.54) is 11.3 Å². The molecule has 0 radical (unpaired) electrons. The Balaban J connectivity index is 2.35. The Hall–Kier alpha value is -1.29. The molecule has 3 nitrogen and oxygen atoms in total. The van der Waals surface area contributed by atoms with E-state index in [-0.39, 0.29) is 0 Å². The fourth-order valence-electron chi connectivity index (χ4n) is 1.09. The number of nitrogen functional groups attached to an aromatic ring is 1. The number of hydrogen-bond acceptors (Lipinski definition) is 4. The van der Waals surface area contributed by atoms with Crippen molar-refractivity contribution in [2.75, 3.05) is 5.73 Å². The second kappa shape index (κ2) is 3.22. The first kappa shape index (κ1) is 8.31. The summed E-state index contributed by atoms with van der Waals surface area (Å²) >= 11 is 1.52. The second-order valence-corrected chi connectivity index (χ2v) is 3.85. The van der Waals surface area contributed by atoms with E-state index in [1.54, 1.807) is 0 Å². The average Bonchev–Trinajstić information content (AvgIpc) is 2.71. The van der Waals surface area contributed by atoms with Gasteiger partial charge in [0.15, 0.2) is 0 Å². The number of rotatable bonds is 2. The smallest absolute Gasteiger partial charge is 0.137 e. The minimum Gasteiger partial charge on any atom is -0.391 e. The van der Waals surface area contributed by atoms with Crippen molar-refractivity contribution in [3.8, 4) is 10.6 Å². The van der Waals surface area contributed by atoms with Crippen LogP contribution in [0.25, 0.3) is 10.6 Å². The first-order chi connectivity index (χ1) is 6.29. The maximum atomic E-state index is 5.62. The van der Waals surface area contributed by atoms with Gasteiger partial charge in [0.25, 0.3) is 0 Å². The van der Waals surface area contributed by atoms with Crippen LogP contribution in [0, 0.1) is 0 Å². The molecule has 0 aliphatic carbocycles. The average molecular weight is 194 g/mol. The summed E-state index contributed by atoms with van der Waals surface area (Å²) in [4.78, 5) is 1.06. The van der Waals surface area contributed by atoms with Crippen molar-refractivity contribution in [1.29, 1.82) is 0 Å². The fourth-order valence-corrected chi connectivity index (χ4v) is 1.81. The van der Waals surface area contributed by atoms with Crippen molar-refractivity contribution in [1.82, 2.24) is 5.16 Å². The molecule has 4 heteroatoms. The number of aryl methyl sites for hydroxylation is 1. The summed E-state index contributed by atoms with van der Waals surface area (Å²) in [6.45, 7) is 2.03. The highest BCUT2D eigenvalue weighted by Crippen LogP contribution is 2.28. The molecule has 0 saturated heterocycles. The summed E-state index contributed by atoms with van der Waals surface area (Å²) in [7, 11) is 0. The van der Waals surface area contributed by atoms with Crippen LogP contribution in [0.5, 0.6) is 0 Å². The number of thiophene rings is 1. The highest BCUT2D eigenvalue weighted by Gasteiger charge is 2.06. The van der Waals surface area contributed by atoms with Crippen molar-refractivity contribution in [3.63, 3.8) is 0 Å². The Morgan fingerprint density at radius 3 is 2.92 bits per heavy atom. The van der Waals surface area contributed by atoms with Crippen LogP contribution in [0.1, 0.15) is 12.7 Å². The predicted octanol–water partition coefficient (Wildman–Crippen LogP) is 2.55. The lowest BCUT2D eigenvalue weighted by Gasteiger charge is -1.83. The van der Waals surface area contributed by atoms with Crippen LogP contribution < -0.4 is 5.73 Å². The van der Waals surface area contributed by atoms with Gasteiger partial charge in [0, 0.05) is 12.5 Å². The van der Waals surface area contributed by atoms with Gasteiger partial charge in [-0.05, 0) is 12.1 Å². The zero-order valence-electron chi connectivity index (χ0n) is 7.28. The summed E-state index contributed by atoms with van der Waals surface area (Å²) < 4.78 is 5.09. The Bertz CT molecular complexity index is 405. The maximum Gasteiger partial charge on any atom is 0.137 e. The second-order valence-electron chi connectivity index (χ2n) is 2.73. The van der Waals surface area contributed by atoms with E-state index in [0.717, 1.165) is 27.8 Å². The van der Waals surface area contributed by atoms with E-state index in [2.05, 4.69) is 5.16 Å². The normalized spacial score (nSPS) is 10.5. The Labute approximate surface area is 80.2 Å². The third kappa shape index (κ3) is 1.58. The number of anilines is 1. The molecule has 2 heterocycles. The summed E-state index contributed by atoms with van der Waals surface area (Å²) in [6, 6.07) is 5.78. The predicted molar refractivity (Wildman–Crippen MR) is 53.6 cm³/mol. The maximum absolute atomic E-state index is 5.62. The molecule has 2 aromatic rings. The molecule has 13 heavy (non-hydrogen) atoms. The minimum atomic E-state index is 0.802. The highest BCUT2D eigenvalue weighted by atomic mass is 32.1. The van der Waals surface area contributed by atoms with Gasteiger partial charge in [-0.25, -0.2) is 0 Å². The zero-order chi connectivity index (χ0) is 9.26. The van der Waals surface area contributed by atoms with Gasteiger partial charge in [-0.15, -0.1) is 11.3 Å². The van der Waals surface area contributed by atoms with Gasteiger partial charge in [-0.1, -0.05) is 12.1 Å². The molecular weight excluding hydrogens is 184 g/mol. The van der Waals surface area contributed by atoms with Crippen LogP contribution >= 0.6 is 11.3 Å². The molecule has 0 spiro atoms. The molecule has 68 valence electrons. The molecule has 0 fully saturated rings. The molecule has 0 amide bonds. The van der Waals surface area contributed by atoms with Gasteiger partial charge in [0.05, 0.1) is 9.88 Å². The Kier molecular flexibility index (Phi) is 2.06. The minimum absolute atomic E-state index is 0.802. The third-order valence-electron chi connectivity index (χ3n) is 1.79. The van der Waals surface area contributed by atoms with Crippen LogP contribution in [0.15, 0.2) is 22.7 Å². The monoisotopic (exact) mass is 194 g/mol. The van der Waals surface area contributed by atoms with Gasteiger partial charge < -0.3 is 10.3 Å². The van der Waals surface area contributed by atoms with E-state index in [1.807, 2.05) is 25.1 Å². The van der Waals surface area contributed by atoms with Gasteiger partial charge in [-0.3, -0.25) is 0 Å². The van der Waals surface area contributed by atoms with E-state index in [0.29, 0.717) is 0 Å². The summed E-state index contributed by atoms with van der Waals surface area (Å²) in [5, 5.41) is 4.75. The molecule has 0 bridgehead atoms. The van der Waals surface area contributed by atoms with Gasteiger partial charge in [-0.2, -0.15) is 0 Å². The van der Waals surface area contributed by atoms with Crippen LogP contribution in [-0.4, -0.2) is 5.16 Å². The number of nitrogens with two attached hydrogens (primary N) is 1. The van der Waals surface area contributed by atoms with Crippen LogP contribution in [0.3, 0.4) is 0 Å². The number of hydrogen-bond donors (Lipinski definition) is 1.